The van der Waals surface area contributed by atoms with Gasteiger partial charge in [-0.2, -0.15) is 0 Å². The summed E-state index contributed by atoms with van der Waals surface area (Å²) in [4.78, 5) is 29.7. The zero-order chi connectivity index (χ0) is 25.6. The molecule has 2 atom stereocenters. The van der Waals surface area contributed by atoms with Gasteiger partial charge >= 0.3 is 7.12 Å². The molecule has 35 heavy (non-hydrogen) atoms. The second-order valence-electron chi connectivity index (χ2n) is 9.50. The van der Waals surface area contributed by atoms with Crippen LogP contribution in [0.5, 0.6) is 5.75 Å². The standard InChI is InChI=1S/C25H34BN3O6/c1-24(2)25(3,4)35-26(34-24)20(13-15-33-17-10-7-6-8-11-17)29-23(31)19(16-32-5)21-18(22(27)30)12-9-14-28-21/h6-12,14,19-20H,13,15-16H2,1-5H3,(H2,27,30)(H,29,31)/t19-,20-/m0/s1. The number of nitrogens with two attached hydrogens (primary N) is 1. The van der Waals surface area contributed by atoms with E-state index >= 15 is 0 Å². The highest BCUT2D eigenvalue weighted by Gasteiger charge is 2.54. The van der Waals surface area contributed by atoms with Crippen molar-refractivity contribution in [3.63, 3.8) is 0 Å². The number of amides is 2. The quantitative estimate of drug-likeness (QED) is 0.471. The van der Waals surface area contributed by atoms with E-state index in [-0.39, 0.29) is 23.8 Å². The van der Waals surface area contributed by atoms with Crippen LogP contribution in [0.3, 0.4) is 0 Å². The number of benzene rings is 1. The molecule has 0 bridgehead atoms. The van der Waals surface area contributed by atoms with Gasteiger partial charge < -0.3 is 29.8 Å². The molecule has 188 valence electrons. The summed E-state index contributed by atoms with van der Waals surface area (Å²) in [5, 5.41) is 3.03. The third-order valence-electron chi connectivity index (χ3n) is 6.45. The topological polar surface area (TPSA) is 122 Å². The van der Waals surface area contributed by atoms with Crippen LogP contribution in [0.1, 0.15) is 56.1 Å². The minimum Gasteiger partial charge on any atom is -0.494 e. The lowest BCUT2D eigenvalue weighted by atomic mass is 9.76. The number of pyridine rings is 1. The molecule has 9 nitrogen and oxygen atoms in total. The maximum atomic E-state index is 13.5. The molecule has 0 unspecified atom stereocenters. The number of primary amides is 1. The summed E-state index contributed by atoms with van der Waals surface area (Å²) in [7, 11) is 0.776. The normalized spacial score (nSPS) is 18.0. The molecule has 1 aromatic carbocycles. The number of methoxy groups -OCH3 is 1. The Balaban J connectivity index is 1.82. The highest BCUT2D eigenvalue weighted by molar-refractivity contribution is 6.48. The Morgan fingerprint density at radius 1 is 1.09 bits per heavy atom. The van der Waals surface area contributed by atoms with Gasteiger partial charge in [0.05, 0.1) is 41.6 Å². The molecule has 3 rings (SSSR count). The first-order chi connectivity index (χ1) is 16.6. The summed E-state index contributed by atoms with van der Waals surface area (Å²) < 4.78 is 23.6. The van der Waals surface area contributed by atoms with E-state index in [0.29, 0.717) is 13.0 Å². The summed E-state index contributed by atoms with van der Waals surface area (Å²) in [5.41, 5.74) is 4.80. The fraction of sp³-hybridized carbons (Fsp3) is 0.480. The second kappa shape index (κ2) is 11.2. The first-order valence-electron chi connectivity index (χ1n) is 11.6. The molecule has 2 amide bonds. The molecule has 0 radical (unpaired) electrons. The fourth-order valence-corrected chi connectivity index (χ4v) is 3.78. The molecular weight excluding hydrogens is 449 g/mol. The molecule has 0 aliphatic carbocycles. The van der Waals surface area contributed by atoms with Crippen LogP contribution in [0.15, 0.2) is 48.7 Å². The van der Waals surface area contributed by atoms with Gasteiger partial charge in [0, 0.05) is 19.7 Å². The van der Waals surface area contributed by atoms with Gasteiger partial charge in [-0.1, -0.05) is 18.2 Å². The lowest BCUT2D eigenvalue weighted by Gasteiger charge is -2.32. The minimum atomic E-state index is -0.858. The molecular formula is C25H34BN3O6. The molecule has 1 aliphatic rings. The van der Waals surface area contributed by atoms with Gasteiger partial charge in [-0.25, -0.2) is 0 Å². The molecule has 2 aromatic rings. The van der Waals surface area contributed by atoms with Crippen LogP contribution >= 0.6 is 0 Å². The van der Waals surface area contributed by atoms with Crippen LogP contribution in [-0.4, -0.2) is 61.4 Å². The van der Waals surface area contributed by atoms with E-state index in [0.717, 1.165) is 5.75 Å². The van der Waals surface area contributed by atoms with E-state index < -0.39 is 36.1 Å². The van der Waals surface area contributed by atoms with E-state index in [1.54, 1.807) is 12.1 Å². The van der Waals surface area contributed by atoms with Crippen molar-refractivity contribution < 1.29 is 28.4 Å². The molecule has 1 aromatic heterocycles. The number of nitrogens with zero attached hydrogens (tertiary/aromatic N) is 1. The number of hydrogen-bond donors (Lipinski definition) is 2. The lowest BCUT2D eigenvalue weighted by Crippen LogP contribution is -2.50. The van der Waals surface area contributed by atoms with Crippen molar-refractivity contribution in [3.8, 4) is 5.75 Å². The maximum Gasteiger partial charge on any atom is 0.481 e. The Hall–Kier alpha value is -2.95. The number of aromatic nitrogens is 1. The molecule has 0 spiro atoms. The van der Waals surface area contributed by atoms with E-state index in [1.807, 2.05) is 58.0 Å². The highest BCUT2D eigenvalue weighted by Crippen LogP contribution is 2.38. The van der Waals surface area contributed by atoms with Gasteiger partial charge in [-0.3, -0.25) is 14.6 Å². The second-order valence-corrected chi connectivity index (χ2v) is 9.50. The summed E-state index contributed by atoms with van der Waals surface area (Å²) >= 11 is 0. The molecule has 3 N–H and O–H groups in total. The van der Waals surface area contributed by atoms with E-state index in [2.05, 4.69) is 10.3 Å². The number of ether oxygens (including phenoxy) is 2. The van der Waals surface area contributed by atoms with Crippen LogP contribution in [0.25, 0.3) is 0 Å². The van der Waals surface area contributed by atoms with Gasteiger partial charge in [-0.05, 0) is 52.0 Å². The number of nitrogens with one attached hydrogen (secondary N) is 1. The number of hydrogen-bond acceptors (Lipinski definition) is 7. The zero-order valence-electron chi connectivity index (χ0n) is 20.9. The molecule has 1 saturated heterocycles. The Kier molecular flexibility index (Phi) is 8.53. The fourth-order valence-electron chi connectivity index (χ4n) is 3.78. The number of para-hydroxylation sites is 1. The van der Waals surface area contributed by atoms with Crippen LogP contribution < -0.4 is 15.8 Å². The predicted octanol–water partition coefficient (Wildman–Crippen LogP) is 2.50. The largest absolute Gasteiger partial charge is 0.494 e. The van der Waals surface area contributed by atoms with Crippen molar-refractivity contribution in [1.82, 2.24) is 10.3 Å². The van der Waals surface area contributed by atoms with Crippen molar-refractivity contribution in [1.29, 1.82) is 0 Å². The number of rotatable bonds is 11. The predicted molar refractivity (Wildman–Crippen MR) is 132 cm³/mol. The molecule has 1 aliphatic heterocycles. The molecule has 10 heteroatoms. The van der Waals surface area contributed by atoms with Crippen molar-refractivity contribution in [2.75, 3.05) is 20.3 Å². The molecule has 2 heterocycles. The maximum absolute atomic E-state index is 13.5. The number of carbonyl (C=O) groups is 2. The van der Waals surface area contributed by atoms with Crippen molar-refractivity contribution in [2.45, 2.75) is 57.2 Å². The summed E-state index contributed by atoms with van der Waals surface area (Å²) in [6.45, 7) is 8.14. The van der Waals surface area contributed by atoms with Crippen molar-refractivity contribution in [3.05, 3.63) is 59.9 Å². The summed E-state index contributed by atoms with van der Waals surface area (Å²) in [6, 6.07) is 12.6. The van der Waals surface area contributed by atoms with Gasteiger partial charge in [0.15, 0.2) is 0 Å². The van der Waals surface area contributed by atoms with E-state index in [4.69, 9.17) is 24.5 Å². The summed E-state index contributed by atoms with van der Waals surface area (Å²) in [5.74, 6) is -1.72. The van der Waals surface area contributed by atoms with E-state index in [1.165, 1.54) is 13.3 Å². The molecule has 0 saturated carbocycles. The third kappa shape index (κ3) is 6.39. The van der Waals surface area contributed by atoms with Crippen LogP contribution in [-0.2, 0) is 18.8 Å². The Morgan fingerprint density at radius 3 is 2.34 bits per heavy atom. The van der Waals surface area contributed by atoms with E-state index in [9.17, 15) is 9.59 Å². The smallest absolute Gasteiger partial charge is 0.481 e. The van der Waals surface area contributed by atoms with Gasteiger partial charge in [0.2, 0.25) is 5.91 Å². The van der Waals surface area contributed by atoms with Gasteiger partial charge in [0.25, 0.3) is 5.91 Å². The Bertz CT molecular complexity index is 1000. The SMILES string of the molecule is COC[C@H](C(=O)N[C@@H](CCOc1ccccc1)B1OC(C)(C)C(C)(C)O1)c1ncccc1C(N)=O. The Labute approximate surface area is 206 Å². The van der Waals surface area contributed by atoms with Crippen molar-refractivity contribution >= 4 is 18.9 Å². The minimum absolute atomic E-state index is 0.0136. The van der Waals surface area contributed by atoms with Gasteiger partial charge in [0.1, 0.15) is 11.7 Å². The van der Waals surface area contributed by atoms with Crippen molar-refractivity contribution in [2.24, 2.45) is 5.73 Å². The van der Waals surface area contributed by atoms with Gasteiger partial charge in [-0.15, -0.1) is 0 Å². The monoisotopic (exact) mass is 483 g/mol. The Morgan fingerprint density at radius 2 is 1.74 bits per heavy atom. The highest BCUT2D eigenvalue weighted by atomic mass is 16.7. The zero-order valence-corrected chi connectivity index (χ0v) is 20.9. The van der Waals surface area contributed by atoms with Crippen LogP contribution in [0.2, 0.25) is 0 Å². The average molecular weight is 483 g/mol. The third-order valence-corrected chi connectivity index (χ3v) is 6.45. The summed E-state index contributed by atoms with van der Waals surface area (Å²) in [6.07, 6.45) is 1.93. The lowest BCUT2D eigenvalue weighted by molar-refractivity contribution is -0.124. The first-order valence-corrected chi connectivity index (χ1v) is 11.6. The van der Waals surface area contributed by atoms with Crippen LogP contribution in [0.4, 0.5) is 0 Å². The number of carbonyl (C=O) groups excluding carboxylic acids is 2. The van der Waals surface area contributed by atoms with Crippen LogP contribution in [0, 0.1) is 0 Å². The average Bonchev–Trinajstić information content (AvgIpc) is 3.04. The molecule has 1 fully saturated rings. The first kappa shape index (κ1) is 26.7.